The molecule has 2 fully saturated rings. The molecule has 0 radical (unpaired) electrons. The lowest BCUT2D eigenvalue weighted by Crippen LogP contribution is -2.32. The highest BCUT2D eigenvalue weighted by molar-refractivity contribution is 7.09. The van der Waals surface area contributed by atoms with Crippen LogP contribution in [0.3, 0.4) is 0 Å². The molecule has 1 saturated carbocycles. The SMILES string of the molecule is Oc1ccc(CCN2C[C@@H]3C[C@@](O)(Cc4cccs4)C[C@@H]3C2)cc1F. The summed E-state index contributed by atoms with van der Waals surface area (Å²) in [5.74, 6) is 0.307. The third-order valence-corrected chi connectivity index (χ3v) is 6.62. The van der Waals surface area contributed by atoms with Crippen LogP contribution in [-0.2, 0) is 12.8 Å². The lowest BCUT2D eigenvalue weighted by atomic mass is 9.95. The van der Waals surface area contributed by atoms with E-state index in [2.05, 4.69) is 16.3 Å². The van der Waals surface area contributed by atoms with Gasteiger partial charge in [-0.2, -0.15) is 0 Å². The van der Waals surface area contributed by atoms with Crippen LogP contribution in [0, 0.1) is 17.7 Å². The Morgan fingerprint density at radius 3 is 2.60 bits per heavy atom. The highest BCUT2D eigenvalue weighted by Crippen LogP contribution is 2.45. The molecule has 5 heteroatoms. The van der Waals surface area contributed by atoms with Crippen LogP contribution >= 0.6 is 11.3 Å². The fourth-order valence-electron chi connectivity index (χ4n) is 4.62. The first-order valence-corrected chi connectivity index (χ1v) is 9.83. The van der Waals surface area contributed by atoms with E-state index < -0.39 is 11.4 Å². The minimum absolute atomic E-state index is 0.288. The average molecular weight is 361 g/mol. The van der Waals surface area contributed by atoms with E-state index >= 15 is 0 Å². The van der Waals surface area contributed by atoms with Crippen LogP contribution in [0.5, 0.6) is 5.75 Å². The summed E-state index contributed by atoms with van der Waals surface area (Å²) >= 11 is 1.73. The molecule has 4 rings (SSSR count). The molecular weight excluding hydrogens is 337 g/mol. The summed E-state index contributed by atoms with van der Waals surface area (Å²) in [5.41, 5.74) is 0.383. The summed E-state index contributed by atoms with van der Waals surface area (Å²) in [6, 6.07) is 8.79. The van der Waals surface area contributed by atoms with E-state index in [0.717, 1.165) is 50.9 Å². The molecule has 25 heavy (non-hydrogen) atoms. The van der Waals surface area contributed by atoms with Crippen molar-refractivity contribution in [3.63, 3.8) is 0 Å². The van der Waals surface area contributed by atoms with Crippen LogP contribution in [-0.4, -0.2) is 40.3 Å². The largest absolute Gasteiger partial charge is 0.505 e. The summed E-state index contributed by atoms with van der Waals surface area (Å²) in [7, 11) is 0. The molecule has 1 aromatic heterocycles. The summed E-state index contributed by atoms with van der Waals surface area (Å²) in [6.07, 6.45) is 3.35. The topological polar surface area (TPSA) is 43.7 Å². The van der Waals surface area contributed by atoms with E-state index in [1.54, 1.807) is 17.4 Å². The summed E-state index contributed by atoms with van der Waals surface area (Å²) in [4.78, 5) is 3.71. The number of aliphatic hydroxyl groups is 1. The van der Waals surface area contributed by atoms with E-state index in [-0.39, 0.29) is 5.75 Å². The zero-order chi connectivity index (χ0) is 17.4. The fourth-order valence-corrected chi connectivity index (χ4v) is 5.46. The summed E-state index contributed by atoms with van der Waals surface area (Å²) in [5, 5.41) is 22.3. The second-order valence-electron chi connectivity index (χ2n) is 7.70. The molecule has 1 aliphatic carbocycles. The molecule has 2 N–H and O–H groups in total. The van der Waals surface area contributed by atoms with Crippen molar-refractivity contribution in [2.24, 2.45) is 11.8 Å². The van der Waals surface area contributed by atoms with Crippen molar-refractivity contribution in [3.05, 3.63) is 52.0 Å². The van der Waals surface area contributed by atoms with Crippen LogP contribution < -0.4 is 0 Å². The van der Waals surface area contributed by atoms with Crippen LogP contribution in [0.2, 0.25) is 0 Å². The van der Waals surface area contributed by atoms with Crippen molar-refractivity contribution >= 4 is 11.3 Å². The lowest BCUT2D eigenvalue weighted by molar-refractivity contribution is 0.0363. The quantitative estimate of drug-likeness (QED) is 0.857. The molecule has 3 atom stereocenters. The highest BCUT2D eigenvalue weighted by Gasteiger charge is 2.47. The van der Waals surface area contributed by atoms with E-state index in [1.807, 2.05) is 6.07 Å². The Bertz CT molecular complexity index is 719. The molecule has 3 nitrogen and oxygen atoms in total. The van der Waals surface area contributed by atoms with Gasteiger partial charge in [-0.05, 0) is 60.2 Å². The van der Waals surface area contributed by atoms with Crippen molar-refractivity contribution in [3.8, 4) is 5.75 Å². The molecule has 0 bridgehead atoms. The monoisotopic (exact) mass is 361 g/mol. The maximum Gasteiger partial charge on any atom is 0.165 e. The molecule has 2 aromatic rings. The van der Waals surface area contributed by atoms with Gasteiger partial charge < -0.3 is 15.1 Å². The van der Waals surface area contributed by atoms with E-state index in [9.17, 15) is 14.6 Å². The Morgan fingerprint density at radius 2 is 1.96 bits per heavy atom. The van der Waals surface area contributed by atoms with Gasteiger partial charge in [0.05, 0.1) is 5.60 Å². The van der Waals surface area contributed by atoms with Gasteiger partial charge in [-0.15, -0.1) is 11.3 Å². The van der Waals surface area contributed by atoms with Gasteiger partial charge in [0.1, 0.15) is 0 Å². The first-order valence-electron chi connectivity index (χ1n) is 8.95. The summed E-state index contributed by atoms with van der Waals surface area (Å²) in [6.45, 7) is 2.95. The number of phenolic OH excluding ortho intramolecular Hbond substituents is 1. The number of benzene rings is 1. The minimum atomic E-state index is -0.547. The number of phenols is 1. The Labute approximate surface area is 151 Å². The normalized spacial score (nSPS) is 29.2. The molecule has 0 unspecified atom stereocenters. The molecule has 134 valence electrons. The Kier molecular flexibility index (Phi) is 4.56. The van der Waals surface area contributed by atoms with Crippen molar-refractivity contribution < 1.29 is 14.6 Å². The Morgan fingerprint density at radius 1 is 1.20 bits per heavy atom. The van der Waals surface area contributed by atoms with Gasteiger partial charge >= 0.3 is 0 Å². The van der Waals surface area contributed by atoms with Gasteiger partial charge in [0, 0.05) is 30.9 Å². The average Bonchev–Trinajstić information content (AvgIpc) is 3.24. The fraction of sp³-hybridized carbons (Fsp3) is 0.500. The predicted molar refractivity (Wildman–Crippen MR) is 97.4 cm³/mol. The molecule has 0 spiro atoms. The third-order valence-electron chi connectivity index (χ3n) is 5.75. The van der Waals surface area contributed by atoms with Gasteiger partial charge in [0.15, 0.2) is 11.6 Å². The first-order chi connectivity index (χ1) is 12.0. The number of likely N-dealkylation sites (tertiary alicyclic amines) is 1. The van der Waals surface area contributed by atoms with Crippen molar-refractivity contribution in [1.29, 1.82) is 0 Å². The number of thiophene rings is 1. The molecule has 1 aromatic carbocycles. The number of halogens is 1. The van der Waals surface area contributed by atoms with Crippen LogP contribution in [0.1, 0.15) is 23.3 Å². The molecule has 2 aliphatic rings. The van der Waals surface area contributed by atoms with Crippen LogP contribution in [0.15, 0.2) is 35.7 Å². The Balaban J connectivity index is 1.29. The molecule has 0 amide bonds. The smallest absolute Gasteiger partial charge is 0.165 e. The van der Waals surface area contributed by atoms with Crippen molar-refractivity contribution in [1.82, 2.24) is 4.90 Å². The number of fused-ring (bicyclic) bond motifs is 1. The van der Waals surface area contributed by atoms with E-state index in [0.29, 0.717) is 11.8 Å². The maximum absolute atomic E-state index is 13.4. The predicted octanol–water partition coefficient (Wildman–Crippen LogP) is 3.45. The number of hydrogen-bond donors (Lipinski definition) is 2. The minimum Gasteiger partial charge on any atom is -0.505 e. The molecule has 2 heterocycles. The number of hydrogen-bond acceptors (Lipinski definition) is 4. The third kappa shape index (κ3) is 3.73. The molecule has 1 aliphatic heterocycles. The molecular formula is C20H24FNO2S. The maximum atomic E-state index is 13.4. The van der Waals surface area contributed by atoms with E-state index in [1.165, 1.54) is 17.0 Å². The first kappa shape index (κ1) is 17.0. The van der Waals surface area contributed by atoms with Gasteiger partial charge in [-0.3, -0.25) is 0 Å². The molecule has 1 saturated heterocycles. The van der Waals surface area contributed by atoms with Crippen molar-refractivity contribution in [2.75, 3.05) is 19.6 Å². The Hall–Kier alpha value is -1.43. The highest BCUT2D eigenvalue weighted by atomic mass is 32.1. The van der Waals surface area contributed by atoms with Gasteiger partial charge in [-0.25, -0.2) is 4.39 Å². The number of rotatable bonds is 5. The van der Waals surface area contributed by atoms with Crippen molar-refractivity contribution in [2.45, 2.75) is 31.3 Å². The zero-order valence-corrected chi connectivity index (χ0v) is 15.0. The second kappa shape index (κ2) is 6.71. The van der Waals surface area contributed by atoms with Gasteiger partial charge in [0.2, 0.25) is 0 Å². The number of aromatic hydroxyl groups is 1. The van der Waals surface area contributed by atoms with Gasteiger partial charge in [-0.1, -0.05) is 12.1 Å². The number of nitrogens with zero attached hydrogens (tertiary/aromatic N) is 1. The summed E-state index contributed by atoms with van der Waals surface area (Å²) < 4.78 is 13.4. The lowest BCUT2D eigenvalue weighted by Gasteiger charge is -2.25. The zero-order valence-electron chi connectivity index (χ0n) is 14.2. The van der Waals surface area contributed by atoms with Crippen LogP contribution in [0.4, 0.5) is 4.39 Å². The van der Waals surface area contributed by atoms with Gasteiger partial charge in [0.25, 0.3) is 0 Å². The second-order valence-corrected chi connectivity index (χ2v) is 8.74. The van der Waals surface area contributed by atoms with Crippen LogP contribution in [0.25, 0.3) is 0 Å². The van der Waals surface area contributed by atoms with E-state index in [4.69, 9.17) is 0 Å². The standard InChI is InChI=1S/C20H24FNO2S/c21-18-8-14(3-4-19(18)23)5-6-22-12-15-9-20(24,10-16(15)13-22)11-17-2-1-7-25-17/h1-4,7-8,15-16,23-24H,5-6,9-13H2/t15-,16+,20-.